The van der Waals surface area contributed by atoms with Crippen LogP contribution in [0.5, 0.6) is 0 Å². The van der Waals surface area contributed by atoms with Crippen LogP contribution in [0.15, 0.2) is 0 Å². The second-order valence-electron chi connectivity index (χ2n) is 2.06. The quantitative estimate of drug-likeness (QED) is 0.657. The van der Waals surface area contributed by atoms with Gasteiger partial charge in [-0.3, -0.25) is 0 Å². The molecule has 0 aliphatic carbocycles. The van der Waals surface area contributed by atoms with E-state index >= 15 is 0 Å². The minimum Gasteiger partial charge on any atom is -0.400 e. The molecule has 10 heteroatoms. The van der Waals surface area contributed by atoms with E-state index in [9.17, 15) is 39.5 Å². The molecule has 0 heterocycles. The Morgan fingerprint density at radius 3 is 0.733 bits per heavy atom. The van der Waals surface area contributed by atoms with Gasteiger partial charge in [0.2, 0.25) is 5.92 Å². The zero-order valence-corrected chi connectivity index (χ0v) is 6.93. The van der Waals surface area contributed by atoms with Gasteiger partial charge in [0.05, 0.1) is 0 Å². The molecule has 0 saturated carbocycles. The maximum absolute atomic E-state index is 11.3. The minimum absolute atomic E-state index is 1.00. The van der Waals surface area contributed by atoms with Crippen molar-refractivity contribution in [3.05, 3.63) is 0 Å². The minimum atomic E-state index is -6.36. The fourth-order valence-electron chi connectivity index (χ4n) is 0.557. The molecular formula is C5H5F9O. The third-order valence-electron chi connectivity index (χ3n) is 0.982. The van der Waals surface area contributed by atoms with E-state index in [2.05, 4.69) is 0 Å². The summed E-state index contributed by atoms with van der Waals surface area (Å²) in [6, 6.07) is 0. The molecule has 0 aliphatic rings. The molecule has 0 radical (unpaired) electrons. The van der Waals surface area contributed by atoms with Crippen LogP contribution in [0.25, 0.3) is 0 Å². The second-order valence-corrected chi connectivity index (χ2v) is 2.06. The Kier molecular flexibility index (Phi) is 5.47. The number of alkyl halides is 9. The molecule has 1 N–H and O–H groups in total. The summed E-state index contributed by atoms with van der Waals surface area (Å²) in [5.41, 5.74) is 0. The van der Waals surface area contributed by atoms with Crippen molar-refractivity contribution in [2.24, 2.45) is 5.92 Å². The highest BCUT2D eigenvalue weighted by Crippen LogP contribution is 2.48. The fourth-order valence-corrected chi connectivity index (χ4v) is 0.557. The number of hydrogen-bond donors (Lipinski definition) is 1. The first-order valence-electron chi connectivity index (χ1n) is 3.01. The van der Waals surface area contributed by atoms with Gasteiger partial charge in [0.1, 0.15) is 0 Å². The lowest BCUT2D eigenvalue weighted by Gasteiger charge is -2.24. The molecule has 0 saturated heterocycles. The molecular weight excluding hydrogens is 247 g/mol. The zero-order chi connectivity index (χ0) is 13.1. The van der Waals surface area contributed by atoms with Crippen molar-refractivity contribution in [3.8, 4) is 0 Å². The highest BCUT2D eigenvalue weighted by molar-refractivity contribution is 4.81. The molecule has 0 aromatic carbocycles. The molecule has 0 fully saturated rings. The van der Waals surface area contributed by atoms with Gasteiger partial charge in [-0.25, -0.2) is 0 Å². The second kappa shape index (κ2) is 4.90. The third-order valence-corrected chi connectivity index (χ3v) is 0.982. The molecule has 0 unspecified atom stereocenters. The lowest BCUT2D eigenvalue weighted by molar-refractivity contribution is -0.366. The molecule has 0 spiro atoms. The van der Waals surface area contributed by atoms with Gasteiger partial charge in [0.25, 0.3) is 0 Å². The molecule has 1 nitrogen and oxygen atoms in total. The van der Waals surface area contributed by atoms with E-state index in [-0.39, 0.29) is 0 Å². The monoisotopic (exact) mass is 252 g/mol. The van der Waals surface area contributed by atoms with E-state index in [1.165, 1.54) is 0 Å². The van der Waals surface area contributed by atoms with Crippen LogP contribution in [0.2, 0.25) is 0 Å². The van der Waals surface area contributed by atoms with Crippen LogP contribution < -0.4 is 0 Å². The van der Waals surface area contributed by atoms with E-state index in [1.54, 1.807) is 0 Å². The SMILES string of the molecule is CO.FC(F)(F)C(C(F)(F)F)C(F)(F)F. The molecule has 0 rings (SSSR count). The molecule has 0 atom stereocenters. The van der Waals surface area contributed by atoms with E-state index in [0.717, 1.165) is 7.11 Å². The van der Waals surface area contributed by atoms with Crippen LogP contribution in [0.4, 0.5) is 39.5 Å². The first kappa shape index (κ1) is 16.7. The van der Waals surface area contributed by atoms with Crippen molar-refractivity contribution in [2.45, 2.75) is 18.5 Å². The van der Waals surface area contributed by atoms with Crippen molar-refractivity contribution in [2.75, 3.05) is 7.11 Å². The van der Waals surface area contributed by atoms with Crippen molar-refractivity contribution in [1.29, 1.82) is 0 Å². The van der Waals surface area contributed by atoms with Crippen molar-refractivity contribution in [1.82, 2.24) is 0 Å². The van der Waals surface area contributed by atoms with Crippen molar-refractivity contribution in [3.63, 3.8) is 0 Å². The standard InChI is InChI=1S/C4HF9.CH4O/c5-2(6,7)1(3(8,9)10)4(11,12)13;1-2/h1H;2H,1H3. The van der Waals surface area contributed by atoms with Crippen LogP contribution >= 0.6 is 0 Å². The van der Waals surface area contributed by atoms with E-state index in [4.69, 9.17) is 5.11 Å². The van der Waals surface area contributed by atoms with Gasteiger partial charge in [-0.05, 0) is 0 Å². The van der Waals surface area contributed by atoms with Crippen LogP contribution in [0.1, 0.15) is 0 Å². The summed E-state index contributed by atoms with van der Waals surface area (Å²) >= 11 is 0. The van der Waals surface area contributed by atoms with Crippen LogP contribution in [-0.4, -0.2) is 30.7 Å². The molecule has 15 heavy (non-hydrogen) atoms. The predicted octanol–water partition coefficient (Wildman–Crippen LogP) is 2.90. The Bertz CT molecular complexity index is 141. The summed E-state index contributed by atoms with van der Waals surface area (Å²) in [5.74, 6) is -5.27. The van der Waals surface area contributed by atoms with E-state index in [1.807, 2.05) is 0 Å². The van der Waals surface area contributed by atoms with Crippen LogP contribution in [-0.2, 0) is 0 Å². The van der Waals surface area contributed by atoms with Gasteiger partial charge in [0, 0.05) is 7.11 Å². The zero-order valence-electron chi connectivity index (χ0n) is 6.93. The van der Waals surface area contributed by atoms with Gasteiger partial charge in [-0.1, -0.05) is 0 Å². The lowest BCUT2D eigenvalue weighted by Crippen LogP contribution is -2.46. The molecule has 0 amide bonds. The number of halogens is 9. The largest absolute Gasteiger partial charge is 0.409 e. The van der Waals surface area contributed by atoms with Crippen LogP contribution in [0.3, 0.4) is 0 Å². The first-order valence-corrected chi connectivity index (χ1v) is 3.01. The fraction of sp³-hybridized carbons (Fsp3) is 1.00. The summed E-state index contributed by atoms with van der Waals surface area (Å²) in [6.07, 6.45) is -19.1. The highest BCUT2D eigenvalue weighted by atomic mass is 19.4. The summed E-state index contributed by atoms with van der Waals surface area (Å²) < 4.78 is 101. The Morgan fingerprint density at radius 1 is 0.600 bits per heavy atom. The van der Waals surface area contributed by atoms with Gasteiger partial charge >= 0.3 is 18.5 Å². The Hall–Kier alpha value is -0.670. The Balaban J connectivity index is 0. The smallest absolute Gasteiger partial charge is 0.400 e. The molecule has 0 aliphatic heterocycles. The van der Waals surface area contributed by atoms with Gasteiger partial charge in [-0.2, -0.15) is 39.5 Å². The third kappa shape index (κ3) is 5.70. The highest BCUT2D eigenvalue weighted by Gasteiger charge is 2.69. The molecule has 0 aromatic rings. The maximum atomic E-state index is 11.3. The maximum Gasteiger partial charge on any atom is 0.409 e. The van der Waals surface area contributed by atoms with E-state index < -0.39 is 24.4 Å². The molecule has 0 bridgehead atoms. The molecule has 94 valence electrons. The van der Waals surface area contributed by atoms with Gasteiger partial charge in [-0.15, -0.1) is 0 Å². The summed E-state index contributed by atoms with van der Waals surface area (Å²) in [7, 11) is 1.00. The van der Waals surface area contributed by atoms with Crippen molar-refractivity contribution < 1.29 is 44.6 Å². The molecule has 0 aromatic heterocycles. The Morgan fingerprint density at radius 2 is 0.733 bits per heavy atom. The van der Waals surface area contributed by atoms with Gasteiger partial charge in [0.15, 0.2) is 0 Å². The summed E-state index contributed by atoms with van der Waals surface area (Å²) in [4.78, 5) is 0. The van der Waals surface area contributed by atoms with Crippen molar-refractivity contribution >= 4 is 0 Å². The number of aliphatic hydroxyl groups excluding tert-OH is 1. The first-order chi connectivity index (χ1) is 6.37. The topological polar surface area (TPSA) is 20.2 Å². The number of rotatable bonds is 0. The number of hydrogen-bond acceptors (Lipinski definition) is 1. The predicted molar refractivity (Wildman–Crippen MR) is 29.8 cm³/mol. The van der Waals surface area contributed by atoms with Crippen LogP contribution in [0, 0.1) is 5.92 Å². The Labute approximate surface area is 77.5 Å². The normalized spacial score (nSPS) is 13.6. The number of aliphatic hydroxyl groups is 1. The summed E-state index contributed by atoms with van der Waals surface area (Å²) in [6.45, 7) is 0. The average Bonchev–Trinajstić information content (AvgIpc) is 1.79. The van der Waals surface area contributed by atoms with E-state index in [0.29, 0.717) is 0 Å². The summed E-state index contributed by atoms with van der Waals surface area (Å²) in [5, 5.41) is 7.00. The average molecular weight is 252 g/mol. The van der Waals surface area contributed by atoms with Gasteiger partial charge < -0.3 is 5.11 Å². The lowest BCUT2D eigenvalue weighted by atomic mass is 10.1.